The van der Waals surface area contributed by atoms with E-state index in [-0.39, 0.29) is 11.8 Å². The van der Waals surface area contributed by atoms with E-state index in [1.54, 1.807) is 48.5 Å². The number of benzene rings is 2. The summed E-state index contributed by atoms with van der Waals surface area (Å²) in [5, 5.41) is 10.2. The van der Waals surface area contributed by atoms with E-state index < -0.39 is 12.1 Å². The number of carbonyl (C=O) groups excluding carboxylic acids is 2. The van der Waals surface area contributed by atoms with Crippen molar-refractivity contribution in [1.29, 1.82) is 0 Å². The lowest BCUT2D eigenvalue weighted by Crippen LogP contribution is -2.39. The smallest absolute Gasteiger partial charge is 0.263 e. The Labute approximate surface area is 154 Å². The van der Waals surface area contributed by atoms with Crippen LogP contribution in [0.25, 0.3) is 0 Å². The molecular formula is C18H15ClN4O3. The van der Waals surface area contributed by atoms with Gasteiger partial charge in [-0.3, -0.25) is 14.6 Å². The number of halogens is 1. The van der Waals surface area contributed by atoms with Crippen LogP contribution in [0.15, 0.2) is 58.9 Å². The second-order valence-corrected chi connectivity index (χ2v) is 6.47. The maximum absolute atomic E-state index is 12.9. The van der Waals surface area contributed by atoms with Crippen molar-refractivity contribution in [3.05, 3.63) is 59.1 Å². The fraction of sp³-hybridized carbons (Fsp3) is 0.222. The van der Waals surface area contributed by atoms with Crippen LogP contribution in [0.1, 0.15) is 5.56 Å². The Bertz CT molecular complexity index is 900. The second-order valence-electron chi connectivity index (χ2n) is 6.03. The van der Waals surface area contributed by atoms with Gasteiger partial charge in [-0.2, -0.15) is 5.11 Å². The Morgan fingerprint density at radius 2 is 1.88 bits per heavy atom. The summed E-state index contributed by atoms with van der Waals surface area (Å²) in [6, 6.07) is 12.5. The Morgan fingerprint density at radius 1 is 1.12 bits per heavy atom. The van der Waals surface area contributed by atoms with Crippen molar-refractivity contribution in [3.63, 3.8) is 0 Å². The molecule has 8 heteroatoms. The molecule has 2 heterocycles. The number of anilines is 1. The van der Waals surface area contributed by atoms with Gasteiger partial charge in [-0.15, -0.1) is 0 Å². The number of amides is 2. The van der Waals surface area contributed by atoms with Crippen LogP contribution in [0.2, 0.25) is 5.02 Å². The molecule has 2 aromatic rings. The molecule has 2 aromatic carbocycles. The van der Waals surface area contributed by atoms with Crippen molar-refractivity contribution in [2.45, 2.75) is 18.6 Å². The van der Waals surface area contributed by atoms with Crippen LogP contribution in [0, 0.1) is 0 Å². The number of imide groups is 1. The second kappa shape index (κ2) is 6.42. The summed E-state index contributed by atoms with van der Waals surface area (Å²) in [5.41, 5.74) is 1.38. The number of ether oxygens (including phenoxy) is 1. The highest BCUT2D eigenvalue weighted by Gasteiger charge is 2.54. The molecule has 0 radical (unpaired) electrons. The monoisotopic (exact) mass is 370 g/mol. The third-order valence-corrected chi connectivity index (χ3v) is 4.66. The van der Waals surface area contributed by atoms with Crippen LogP contribution >= 0.6 is 11.6 Å². The summed E-state index contributed by atoms with van der Waals surface area (Å²) in [4.78, 5) is 26.7. The van der Waals surface area contributed by atoms with Gasteiger partial charge in [-0.1, -0.05) is 29.0 Å². The number of rotatable bonds is 4. The van der Waals surface area contributed by atoms with Crippen molar-refractivity contribution < 1.29 is 14.3 Å². The van der Waals surface area contributed by atoms with Gasteiger partial charge in [0.05, 0.1) is 19.3 Å². The third-order valence-electron chi connectivity index (χ3n) is 4.42. The van der Waals surface area contributed by atoms with E-state index in [9.17, 15) is 9.59 Å². The molecule has 0 aromatic heterocycles. The van der Waals surface area contributed by atoms with Gasteiger partial charge in [-0.05, 0) is 42.0 Å². The Morgan fingerprint density at radius 3 is 2.58 bits per heavy atom. The van der Waals surface area contributed by atoms with E-state index in [2.05, 4.69) is 10.3 Å². The summed E-state index contributed by atoms with van der Waals surface area (Å²) in [6.07, 6.45) is 0. The average Bonchev–Trinajstić information content (AvgIpc) is 3.16. The molecule has 1 fully saturated rings. The Hall–Kier alpha value is -2.93. The van der Waals surface area contributed by atoms with Crippen molar-refractivity contribution in [2.24, 2.45) is 10.3 Å². The van der Waals surface area contributed by atoms with Gasteiger partial charge >= 0.3 is 0 Å². The molecule has 0 aliphatic carbocycles. The molecule has 132 valence electrons. The maximum atomic E-state index is 12.9. The highest BCUT2D eigenvalue weighted by molar-refractivity contribution is 6.30. The van der Waals surface area contributed by atoms with Crippen molar-refractivity contribution in [2.75, 3.05) is 12.0 Å². The van der Waals surface area contributed by atoms with E-state index in [1.807, 2.05) is 12.1 Å². The summed E-state index contributed by atoms with van der Waals surface area (Å²) < 4.78 is 5.11. The first-order valence-electron chi connectivity index (χ1n) is 8.02. The normalized spacial score (nSPS) is 21.5. The minimum absolute atomic E-state index is 0.336. The van der Waals surface area contributed by atoms with E-state index in [1.165, 1.54) is 0 Å². The van der Waals surface area contributed by atoms with E-state index >= 15 is 0 Å². The molecule has 0 spiro atoms. The van der Waals surface area contributed by atoms with Crippen LogP contribution in [0.3, 0.4) is 0 Å². The number of carbonyl (C=O) groups is 2. The predicted octanol–water partition coefficient (Wildman–Crippen LogP) is 2.84. The van der Waals surface area contributed by atoms with E-state index in [0.29, 0.717) is 23.0 Å². The zero-order valence-corrected chi connectivity index (χ0v) is 14.6. The summed E-state index contributed by atoms with van der Waals surface area (Å²) >= 11 is 6.01. The lowest BCUT2D eigenvalue weighted by Gasteiger charge is -2.20. The molecule has 2 aliphatic heterocycles. The highest BCUT2D eigenvalue weighted by atomic mass is 35.5. The number of fused-ring (bicyclic) bond motifs is 1. The fourth-order valence-corrected chi connectivity index (χ4v) is 3.37. The number of nitrogens with zero attached hydrogens (tertiary/aromatic N) is 4. The standard InChI is InChI=1S/C18H15ClN4O3/c1-26-14-7-5-13(6-8-14)23-17(24)15-16(18(23)25)22(21-20-15)10-11-3-2-4-12(19)9-11/h2-9,15-16H,10H2,1H3/t15-,16+/m0/s1. The maximum Gasteiger partial charge on any atom is 0.263 e. The minimum atomic E-state index is -0.816. The van der Waals surface area contributed by atoms with Gasteiger partial charge in [-0.25, -0.2) is 4.90 Å². The first-order valence-corrected chi connectivity index (χ1v) is 8.40. The average molecular weight is 371 g/mol. The van der Waals surface area contributed by atoms with Crippen LogP contribution in [0.4, 0.5) is 5.69 Å². The van der Waals surface area contributed by atoms with Gasteiger partial charge in [0.2, 0.25) is 0 Å². The number of methoxy groups -OCH3 is 1. The first-order chi connectivity index (χ1) is 12.6. The highest BCUT2D eigenvalue weighted by Crippen LogP contribution is 2.33. The van der Waals surface area contributed by atoms with Gasteiger partial charge in [0.1, 0.15) is 5.75 Å². The van der Waals surface area contributed by atoms with Crippen molar-refractivity contribution in [3.8, 4) is 5.75 Å². The van der Waals surface area contributed by atoms with E-state index in [0.717, 1.165) is 10.5 Å². The lowest BCUT2D eigenvalue weighted by molar-refractivity contribution is -0.123. The van der Waals surface area contributed by atoms with Crippen LogP contribution in [-0.4, -0.2) is 36.0 Å². The molecule has 2 aliphatic rings. The molecule has 0 saturated carbocycles. The molecule has 26 heavy (non-hydrogen) atoms. The van der Waals surface area contributed by atoms with Gasteiger partial charge < -0.3 is 4.74 Å². The number of hydrogen-bond acceptors (Lipinski definition) is 6. The Balaban J connectivity index is 1.58. The molecule has 0 bridgehead atoms. The molecule has 1 saturated heterocycles. The summed E-state index contributed by atoms with van der Waals surface area (Å²) in [6.45, 7) is 0.348. The molecule has 7 nitrogen and oxygen atoms in total. The van der Waals surface area contributed by atoms with Crippen LogP contribution < -0.4 is 9.64 Å². The molecule has 0 N–H and O–H groups in total. The van der Waals surface area contributed by atoms with E-state index in [4.69, 9.17) is 16.3 Å². The van der Waals surface area contributed by atoms with Crippen molar-refractivity contribution >= 4 is 29.1 Å². The summed E-state index contributed by atoms with van der Waals surface area (Å²) in [7, 11) is 1.56. The summed E-state index contributed by atoms with van der Waals surface area (Å²) in [5.74, 6) is -0.0602. The largest absolute Gasteiger partial charge is 0.497 e. The zero-order chi connectivity index (χ0) is 18.3. The molecule has 0 unspecified atom stereocenters. The van der Waals surface area contributed by atoms with Crippen LogP contribution in [0.5, 0.6) is 5.75 Å². The molecule has 2 atom stereocenters. The Kier molecular flexibility index (Phi) is 4.08. The molecule has 4 rings (SSSR count). The minimum Gasteiger partial charge on any atom is -0.497 e. The third kappa shape index (κ3) is 2.70. The quantitative estimate of drug-likeness (QED) is 0.775. The first kappa shape index (κ1) is 16.5. The number of hydrogen-bond donors (Lipinski definition) is 0. The lowest BCUT2D eigenvalue weighted by atomic mass is 10.1. The zero-order valence-electron chi connectivity index (χ0n) is 13.9. The SMILES string of the molecule is COc1ccc(N2C(=O)[C@H]3N=NN(Cc4cccc(Cl)c4)[C@H]3C2=O)cc1. The van der Waals surface area contributed by atoms with Gasteiger partial charge in [0.25, 0.3) is 11.8 Å². The van der Waals surface area contributed by atoms with Crippen molar-refractivity contribution in [1.82, 2.24) is 5.01 Å². The molecular weight excluding hydrogens is 356 g/mol. The molecule has 2 amide bonds. The van der Waals surface area contributed by atoms with Crippen LogP contribution in [-0.2, 0) is 16.1 Å². The topological polar surface area (TPSA) is 74.6 Å². The predicted molar refractivity (Wildman–Crippen MR) is 94.9 cm³/mol. The van der Waals surface area contributed by atoms with Gasteiger partial charge in [0.15, 0.2) is 12.1 Å². The van der Waals surface area contributed by atoms with Gasteiger partial charge in [0, 0.05) is 5.02 Å². The fourth-order valence-electron chi connectivity index (χ4n) is 3.16.